The summed E-state index contributed by atoms with van der Waals surface area (Å²) >= 11 is 0. The fraction of sp³-hybridized carbons (Fsp3) is 0.241. The number of aryl methyl sites for hydroxylation is 2. The highest BCUT2D eigenvalue weighted by Gasteiger charge is 2.47. The topological polar surface area (TPSA) is 76.1 Å². The van der Waals surface area contributed by atoms with Gasteiger partial charge in [-0.05, 0) is 61.7 Å². The van der Waals surface area contributed by atoms with Crippen molar-refractivity contribution in [2.75, 3.05) is 18.6 Å². The zero-order valence-corrected chi connectivity index (χ0v) is 20.4. The molecule has 1 amide bonds. The highest BCUT2D eigenvalue weighted by Crippen LogP contribution is 2.43. The van der Waals surface area contributed by atoms with Crippen molar-refractivity contribution in [3.8, 4) is 11.5 Å². The molecule has 0 radical (unpaired) electrons. The molecule has 1 unspecified atom stereocenters. The van der Waals surface area contributed by atoms with Gasteiger partial charge in [0.1, 0.15) is 17.3 Å². The molecular weight excluding hydrogens is 442 g/mol. The molecule has 0 aromatic heterocycles. The molecule has 35 heavy (non-hydrogen) atoms. The number of hydrogen-bond acceptors (Lipinski definition) is 5. The van der Waals surface area contributed by atoms with Gasteiger partial charge in [0.25, 0.3) is 11.7 Å². The number of anilines is 1. The smallest absolute Gasteiger partial charge is 0.300 e. The van der Waals surface area contributed by atoms with Crippen molar-refractivity contribution in [3.05, 3.63) is 94.6 Å². The Hall–Kier alpha value is -4.06. The molecule has 1 saturated heterocycles. The van der Waals surface area contributed by atoms with Gasteiger partial charge in [0.2, 0.25) is 0 Å². The van der Waals surface area contributed by atoms with Crippen molar-refractivity contribution in [3.63, 3.8) is 0 Å². The van der Waals surface area contributed by atoms with Gasteiger partial charge in [0.05, 0.1) is 25.3 Å². The molecule has 0 bridgehead atoms. The maximum atomic E-state index is 13.4. The highest BCUT2D eigenvalue weighted by atomic mass is 16.5. The Bertz CT molecular complexity index is 1290. The molecule has 4 rings (SSSR count). The second kappa shape index (κ2) is 10.1. The fourth-order valence-corrected chi connectivity index (χ4v) is 4.37. The van der Waals surface area contributed by atoms with Crippen molar-refractivity contribution in [2.24, 2.45) is 0 Å². The van der Waals surface area contributed by atoms with E-state index in [2.05, 4.69) is 0 Å². The van der Waals surface area contributed by atoms with Crippen LogP contribution in [0.3, 0.4) is 0 Å². The molecule has 1 aliphatic heterocycles. The number of nitrogens with zero attached hydrogens (tertiary/aromatic N) is 1. The van der Waals surface area contributed by atoms with Crippen LogP contribution in [0.15, 0.2) is 72.3 Å². The first-order chi connectivity index (χ1) is 16.8. The quantitative estimate of drug-likeness (QED) is 0.271. The van der Waals surface area contributed by atoms with Gasteiger partial charge in [-0.2, -0.15) is 0 Å². The van der Waals surface area contributed by atoms with Crippen LogP contribution in [0, 0.1) is 13.8 Å². The maximum Gasteiger partial charge on any atom is 0.300 e. The van der Waals surface area contributed by atoms with E-state index in [1.807, 2.05) is 39.0 Å². The maximum absolute atomic E-state index is 13.4. The van der Waals surface area contributed by atoms with Gasteiger partial charge < -0.3 is 14.6 Å². The van der Waals surface area contributed by atoms with Gasteiger partial charge in [-0.3, -0.25) is 14.5 Å². The van der Waals surface area contributed by atoms with Crippen molar-refractivity contribution >= 4 is 23.1 Å². The molecule has 0 spiro atoms. The lowest BCUT2D eigenvalue weighted by molar-refractivity contribution is -0.132. The zero-order valence-electron chi connectivity index (χ0n) is 20.4. The van der Waals surface area contributed by atoms with Crippen LogP contribution < -0.4 is 14.4 Å². The molecule has 180 valence electrons. The van der Waals surface area contributed by atoms with E-state index >= 15 is 0 Å². The predicted molar refractivity (Wildman–Crippen MR) is 136 cm³/mol. The number of amides is 1. The second-order valence-electron chi connectivity index (χ2n) is 8.61. The third kappa shape index (κ3) is 4.64. The van der Waals surface area contributed by atoms with Crippen LogP contribution in [0.1, 0.15) is 41.6 Å². The number of hydrogen-bond donors (Lipinski definition) is 1. The van der Waals surface area contributed by atoms with E-state index in [1.54, 1.807) is 55.6 Å². The SMILES string of the molecule is CCCOc1cccc(/C(O)=C2\C(=O)C(=O)N(c3ccc(C)cc3C)C2c2ccc(OC)cc2)c1. The zero-order chi connectivity index (χ0) is 25.1. The summed E-state index contributed by atoms with van der Waals surface area (Å²) in [6, 6.07) is 19.0. The highest BCUT2D eigenvalue weighted by molar-refractivity contribution is 6.51. The lowest BCUT2D eigenvalue weighted by Gasteiger charge is -2.27. The Balaban J connectivity index is 1.90. The van der Waals surface area contributed by atoms with Crippen LogP contribution in [0.4, 0.5) is 5.69 Å². The number of Topliss-reactive ketones (excluding diaryl/α,β-unsaturated/α-hetero) is 1. The molecule has 1 fully saturated rings. The van der Waals surface area contributed by atoms with E-state index in [4.69, 9.17) is 9.47 Å². The Morgan fingerprint density at radius 2 is 1.71 bits per heavy atom. The minimum absolute atomic E-state index is 0.0350. The number of carbonyl (C=O) groups is 2. The Morgan fingerprint density at radius 3 is 2.37 bits per heavy atom. The molecule has 0 aliphatic carbocycles. The van der Waals surface area contributed by atoms with Crippen molar-refractivity contribution in [1.82, 2.24) is 0 Å². The van der Waals surface area contributed by atoms with Crippen LogP contribution >= 0.6 is 0 Å². The summed E-state index contributed by atoms with van der Waals surface area (Å²) < 4.78 is 11.0. The molecule has 0 saturated carbocycles. The van der Waals surface area contributed by atoms with Crippen molar-refractivity contribution < 1.29 is 24.2 Å². The number of benzene rings is 3. The summed E-state index contributed by atoms with van der Waals surface area (Å²) in [4.78, 5) is 28.2. The average molecular weight is 472 g/mol. The summed E-state index contributed by atoms with van der Waals surface area (Å²) in [5, 5.41) is 11.4. The molecular formula is C29H29NO5. The van der Waals surface area contributed by atoms with E-state index in [0.717, 1.165) is 17.5 Å². The first kappa shape index (κ1) is 24.1. The third-order valence-corrected chi connectivity index (χ3v) is 6.07. The van der Waals surface area contributed by atoms with Gasteiger partial charge in [0.15, 0.2) is 0 Å². The number of ether oxygens (including phenoxy) is 2. The lowest BCUT2D eigenvalue weighted by atomic mass is 9.94. The number of carbonyl (C=O) groups excluding carboxylic acids is 2. The van der Waals surface area contributed by atoms with E-state index < -0.39 is 17.7 Å². The van der Waals surface area contributed by atoms with Gasteiger partial charge in [0, 0.05) is 11.3 Å². The largest absolute Gasteiger partial charge is 0.507 e. The predicted octanol–water partition coefficient (Wildman–Crippen LogP) is 5.73. The number of methoxy groups -OCH3 is 1. The van der Waals surface area contributed by atoms with Crippen LogP contribution in [0.5, 0.6) is 11.5 Å². The number of aliphatic hydroxyl groups excluding tert-OH is 1. The molecule has 1 atom stereocenters. The van der Waals surface area contributed by atoms with E-state index in [0.29, 0.717) is 34.9 Å². The van der Waals surface area contributed by atoms with Crippen molar-refractivity contribution in [1.29, 1.82) is 0 Å². The lowest BCUT2D eigenvalue weighted by Crippen LogP contribution is -2.30. The van der Waals surface area contributed by atoms with Crippen LogP contribution in [0.2, 0.25) is 0 Å². The van der Waals surface area contributed by atoms with Crippen LogP contribution in [-0.2, 0) is 9.59 Å². The fourth-order valence-electron chi connectivity index (χ4n) is 4.37. The minimum atomic E-state index is -0.803. The van der Waals surface area contributed by atoms with Crippen LogP contribution in [-0.4, -0.2) is 30.5 Å². The third-order valence-electron chi connectivity index (χ3n) is 6.07. The molecule has 1 N–H and O–H groups in total. The Labute approximate surface area is 205 Å². The van der Waals surface area contributed by atoms with Crippen LogP contribution in [0.25, 0.3) is 5.76 Å². The number of aliphatic hydroxyl groups is 1. The molecule has 6 heteroatoms. The van der Waals surface area contributed by atoms with Crippen molar-refractivity contribution in [2.45, 2.75) is 33.2 Å². The summed E-state index contributed by atoms with van der Waals surface area (Å²) in [5.41, 5.74) is 3.67. The van der Waals surface area contributed by atoms with Gasteiger partial charge >= 0.3 is 0 Å². The standard InChI is InChI=1S/C29H29NO5/c1-5-15-35-23-8-6-7-21(17-23)27(31)25-26(20-10-12-22(34-4)13-11-20)30(29(33)28(25)32)24-14-9-18(2)16-19(24)3/h6-14,16-17,26,31H,5,15H2,1-4H3/b27-25+. The normalized spacial score (nSPS) is 17.0. The first-order valence-corrected chi connectivity index (χ1v) is 11.6. The van der Waals surface area contributed by atoms with E-state index in [1.165, 1.54) is 4.90 Å². The summed E-state index contributed by atoms with van der Waals surface area (Å²) in [7, 11) is 1.57. The second-order valence-corrected chi connectivity index (χ2v) is 8.61. The van der Waals surface area contributed by atoms with Gasteiger partial charge in [-0.1, -0.05) is 48.9 Å². The Kier molecular flexibility index (Phi) is 6.92. The minimum Gasteiger partial charge on any atom is -0.507 e. The van der Waals surface area contributed by atoms with Gasteiger partial charge in [-0.15, -0.1) is 0 Å². The number of rotatable bonds is 7. The summed E-state index contributed by atoms with van der Waals surface area (Å²) in [6.07, 6.45) is 0.842. The molecule has 6 nitrogen and oxygen atoms in total. The monoisotopic (exact) mass is 471 g/mol. The van der Waals surface area contributed by atoms with E-state index in [9.17, 15) is 14.7 Å². The number of ketones is 1. The summed E-state index contributed by atoms with van der Waals surface area (Å²) in [5.74, 6) is -0.419. The molecule has 1 aliphatic rings. The Morgan fingerprint density at radius 1 is 0.971 bits per heavy atom. The molecule has 3 aromatic carbocycles. The average Bonchev–Trinajstić information content (AvgIpc) is 3.12. The summed E-state index contributed by atoms with van der Waals surface area (Å²) in [6.45, 7) is 6.42. The van der Waals surface area contributed by atoms with E-state index in [-0.39, 0.29) is 11.3 Å². The van der Waals surface area contributed by atoms with Gasteiger partial charge in [-0.25, -0.2) is 0 Å². The molecule has 3 aromatic rings. The first-order valence-electron chi connectivity index (χ1n) is 11.6. The molecule has 1 heterocycles.